The highest BCUT2D eigenvalue weighted by atomic mass is 19.4. The second-order valence-electron chi connectivity index (χ2n) is 15.6. The summed E-state index contributed by atoms with van der Waals surface area (Å²) in [4.78, 5) is 76.4. The summed E-state index contributed by atoms with van der Waals surface area (Å²) < 4.78 is 65.6. The number of benzene rings is 2. The number of amides is 5. The number of ether oxygens (including phenoxy) is 2. The predicted molar refractivity (Wildman–Crippen MR) is 191 cm³/mol. The lowest BCUT2D eigenvalue weighted by atomic mass is 10.0. The molecule has 302 valence electrons. The van der Waals surface area contributed by atoms with Gasteiger partial charge in [-0.2, -0.15) is 18.7 Å². The number of hydrogen-bond donors (Lipinski definition) is 3. The molecule has 2 fully saturated rings. The number of nitrogens with one attached hydrogen (secondary N) is 3. The van der Waals surface area contributed by atoms with E-state index in [0.717, 1.165) is 24.6 Å². The minimum Gasteiger partial charge on any atom is -0.444 e. The molecule has 0 aromatic heterocycles. The van der Waals surface area contributed by atoms with Crippen LogP contribution >= 0.6 is 0 Å². The minimum atomic E-state index is -4.65. The summed E-state index contributed by atoms with van der Waals surface area (Å²) in [5.74, 6) is -3.47. The summed E-state index contributed by atoms with van der Waals surface area (Å²) >= 11 is 0. The molecule has 1 aliphatic carbocycles. The number of alkyl carbamates (subject to hydrolysis) is 1. The van der Waals surface area contributed by atoms with E-state index in [1.54, 1.807) is 39.0 Å². The van der Waals surface area contributed by atoms with E-state index in [1.807, 2.05) is 6.08 Å². The predicted octanol–water partition coefficient (Wildman–Crippen LogP) is 5.66. The fourth-order valence-electron chi connectivity index (χ4n) is 7.27. The average Bonchev–Trinajstić information content (AvgIpc) is 3.42. The minimum absolute atomic E-state index is 0.0306. The maximum absolute atomic E-state index is 14.4. The van der Waals surface area contributed by atoms with Gasteiger partial charge >= 0.3 is 18.4 Å². The maximum Gasteiger partial charge on any atom is 0.416 e. The van der Waals surface area contributed by atoms with Crippen molar-refractivity contribution in [3.8, 4) is 5.75 Å². The van der Waals surface area contributed by atoms with E-state index in [2.05, 4.69) is 16.1 Å². The highest BCUT2D eigenvalue weighted by Gasteiger charge is 2.61. The Morgan fingerprint density at radius 2 is 1.77 bits per heavy atom. The molecular weight excluding hydrogens is 742 g/mol. The van der Waals surface area contributed by atoms with Gasteiger partial charge in [0.25, 0.3) is 5.91 Å². The standard InChI is InChI=1S/C39H45F4N5O8/c1-37(2,3)55-35(52)44-30-16-8-6-4-5-7-12-25-19-38(25,34(51)46-56-26-14-10-13-24(17-26)39(41,42)43)45-32(49)31-18-27(21-48(31)33(30)50)54-36(53)47-20-23-11-9-15-29(40)28(23)22-47/h7,9-15,17,25,27,30-31H,4-6,8,16,18-22H2,1-3H3,(H,44,52)(H,45,49)(H,46,51)/b12-7-/t25-,27?,30+,31+,38-/m1/s1. The van der Waals surface area contributed by atoms with Gasteiger partial charge in [-0.05, 0) is 76.3 Å². The topological polar surface area (TPSA) is 156 Å². The van der Waals surface area contributed by atoms with Gasteiger partial charge < -0.3 is 29.8 Å². The van der Waals surface area contributed by atoms with Gasteiger partial charge in [0.15, 0.2) is 5.75 Å². The Balaban J connectivity index is 1.24. The first-order valence-corrected chi connectivity index (χ1v) is 18.6. The molecule has 5 atom stereocenters. The maximum atomic E-state index is 14.4. The van der Waals surface area contributed by atoms with Gasteiger partial charge in [0.1, 0.15) is 35.1 Å². The Bertz CT molecular complexity index is 1880. The highest BCUT2D eigenvalue weighted by Crippen LogP contribution is 2.46. The number of alkyl halides is 3. The monoisotopic (exact) mass is 787 g/mol. The molecule has 0 radical (unpaired) electrons. The summed E-state index contributed by atoms with van der Waals surface area (Å²) in [7, 11) is 0. The third kappa shape index (κ3) is 9.36. The summed E-state index contributed by atoms with van der Waals surface area (Å²) in [5.41, 5.74) is -0.261. The third-order valence-electron chi connectivity index (χ3n) is 10.2. The molecule has 1 saturated heterocycles. The van der Waals surface area contributed by atoms with Crippen molar-refractivity contribution in [2.45, 2.75) is 114 Å². The van der Waals surface area contributed by atoms with Gasteiger partial charge in [0.05, 0.1) is 18.7 Å². The molecule has 5 amide bonds. The van der Waals surface area contributed by atoms with Crippen LogP contribution < -0.4 is 21.0 Å². The van der Waals surface area contributed by atoms with Gasteiger partial charge in [-0.15, -0.1) is 0 Å². The smallest absolute Gasteiger partial charge is 0.416 e. The third-order valence-corrected chi connectivity index (χ3v) is 10.2. The fourth-order valence-corrected chi connectivity index (χ4v) is 7.27. The van der Waals surface area contributed by atoms with E-state index in [1.165, 1.54) is 21.9 Å². The fraction of sp³-hybridized carbons (Fsp3) is 0.513. The van der Waals surface area contributed by atoms with E-state index in [9.17, 15) is 41.5 Å². The van der Waals surface area contributed by atoms with Crippen LogP contribution in [0, 0.1) is 11.7 Å². The molecule has 1 unspecified atom stereocenters. The van der Waals surface area contributed by atoms with Crippen molar-refractivity contribution in [1.82, 2.24) is 25.9 Å². The Kier molecular flexibility index (Phi) is 11.5. The van der Waals surface area contributed by atoms with Crippen molar-refractivity contribution in [2.24, 2.45) is 5.92 Å². The number of carbonyl (C=O) groups is 5. The first kappa shape index (κ1) is 40.3. The molecule has 4 aliphatic rings. The summed E-state index contributed by atoms with van der Waals surface area (Å²) in [6, 6.07) is 6.09. The molecule has 3 aliphatic heterocycles. The Morgan fingerprint density at radius 1 is 1.00 bits per heavy atom. The zero-order chi connectivity index (χ0) is 40.4. The van der Waals surface area contributed by atoms with Crippen LogP contribution in [0.1, 0.15) is 82.4 Å². The molecular formula is C39H45F4N5O8. The SMILES string of the molecule is CC(C)(C)OC(=O)N[C@H]1CCCCC/C=C\[C@@H]2C[C@@]2(C(=O)NOc2cccc(C(F)(F)F)c2)NC(=O)[C@@H]2CC(OC(=O)N3Cc4cccc(F)c4C3)CN2C1=O. The first-order valence-electron chi connectivity index (χ1n) is 18.6. The number of carbonyl (C=O) groups excluding carboxylic acids is 5. The molecule has 2 aromatic carbocycles. The van der Waals surface area contributed by atoms with Crippen LogP contribution in [0.4, 0.5) is 27.2 Å². The lowest BCUT2D eigenvalue weighted by Crippen LogP contribution is -2.58. The van der Waals surface area contributed by atoms with E-state index < -0.39 is 82.7 Å². The Hall–Kier alpha value is -5.35. The number of halogens is 4. The molecule has 2 aromatic rings. The van der Waals surface area contributed by atoms with Gasteiger partial charge in [-0.25, -0.2) is 14.0 Å². The molecule has 3 heterocycles. The van der Waals surface area contributed by atoms with Crippen molar-refractivity contribution in [3.05, 3.63) is 77.1 Å². The van der Waals surface area contributed by atoms with Crippen molar-refractivity contribution in [1.29, 1.82) is 0 Å². The number of allylic oxidation sites excluding steroid dienone is 1. The van der Waals surface area contributed by atoms with Gasteiger partial charge in [-0.3, -0.25) is 19.3 Å². The van der Waals surface area contributed by atoms with Gasteiger partial charge in [0, 0.05) is 24.4 Å². The van der Waals surface area contributed by atoms with Crippen LogP contribution in [0.2, 0.25) is 0 Å². The number of rotatable bonds is 5. The Morgan fingerprint density at radius 3 is 2.50 bits per heavy atom. The average molecular weight is 788 g/mol. The molecule has 56 heavy (non-hydrogen) atoms. The van der Waals surface area contributed by atoms with Crippen LogP contribution in [0.15, 0.2) is 54.6 Å². The lowest BCUT2D eigenvalue weighted by Gasteiger charge is -2.30. The van der Waals surface area contributed by atoms with E-state index in [-0.39, 0.29) is 44.6 Å². The number of fused-ring (bicyclic) bond motifs is 3. The second-order valence-corrected chi connectivity index (χ2v) is 15.6. The van der Waals surface area contributed by atoms with Gasteiger partial charge in [-0.1, -0.05) is 43.2 Å². The quantitative estimate of drug-likeness (QED) is 0.199. The molecule has 6 rings (SSSR count). The molecule has 0 bridgehead atoms. The molecule has 1 saturated carbocycles. The first-order chi connectivity index (χ1) is 26.4. The summed E-state index contributed by atoms with van der Waals surface area (Å²) in [6.07, 6.45) is -0.861. The van der Waals surface area contributed by atoms with Crippen LogP contribution in [-0.4, -0.2) is 75.6 Å². The molecule has 3 N–H and O–H groups in total. The normalized spacial score (nSPS) is 26.0. The zero-order valence-electron chi connectivity index (χ0n) is 31.2. The highest BCUT2D eigenvalue weighted by molar-refractivity contribution is 5.98. The van der Waals surface area contributed by atoms with Crippen LogP contribution in [0.25, 0.3) is 0 Å². The van der Waals surface area contributed by atoms with E-state index >= 15 is 0 Å². The molecule has 0 spiro atoms. The number of nitrogens with zero attached hydrogens (tertiary/aromatic N) is 2. The Labute approximate surface area is 321 Å². The largest absolute Gasteiger partial charge is 0.444 e. The van der Waals surface area contributed by atoms with Crippen molar-refractivity contribution < 1.29 is 55.8 Å². The van der Waals surface area contributed by atoms with Crippen molar-refractivity contribution >= 4 is 29.9 Å². The lowest BCUT2D eigenvalue weighted by molar-refractivity contribution is -0.142. The summed E-state index contributed by atoms with van der Waals surface area (Å²) in [6.45, 7) is 4.86. The number of hydrogen-bond acceptors (Lipinski definition) is 8. The van der Waals surface area contributed by atoms with Gasteiger partial charge in [0.2, 0.25) is 11.8 Å². The van der Waals surface area contributed by atoms with Crippen molar-refractivity contribution in [2.75, 3.05) is 6.54 Å². The van der Waals surface area contributed by atoms with E-state index in [4.69, 9.17) is 14.3 Å². The molecule has 13 nitrogen and oxygen atoms in total. The zero-order valence-corrected chi connectivity index (χ0v) is 31.2. The number of hydroxylamine groups is 1. The van der Waals surface area contributed by atoms with Crippen LogP contribution in [-0.2, 0) is 43.1 Å². The van der Waals surface area contributed by atoms with E-state index in [0.29, 0.717) is 30.4 Å². The van der Waals surface area contributed by atoms with Crippen molar-refractivity contribution in [3.63, 3.8) is 0 Å². The van der Waals surface area contributed by atoms with Crippen LogP contribution in [0.5, 0.6) is 5.75 Å². The molecule has 17 heteroatoms. The van der Waals surface area contributed by atoms with Crippen LogP contribution in [0.3, 0.4) is 0 Å². The second kappa shape index (κ2) is 16.0. The summed E-state index contributed by atoms with van der Waals surface area (Å²) in [5, 5.41) is 5.42.